The number of hydrogen-bond acceptors (Lipinski definition) is 2. The Balaban J connectivity index is 4.39. The lowest BCUT2D eigenvalue weighted by atomic mass is 9.86. The van der Waals surface area contributed by atoms with Gasteiger partial charge in [-0.2, -0.15) is 0 Å². The van der Waals surface area contributed by atoms with Crippen molar-refractivity contribution in [1.29, 1.82) is 0 Å². The van der Waals surface area contributed by atoms with Crippen LogP contribution >= 0.6 is 0 Å². The van der Waals surface area contributed by atoms with E-state index in [0.717, 1.165) is 19.3 Å². The lowest BCUT2D eigenvalue weighted by Gasteiger charge is -2.34. The van der Waals surface area contributed by atoms with Gasteiger partial charge in [-0.25, -0.2) is 0 Å². The summed E-state index contributed by atoms with van der Waals surface area (Å²) in [5.74, 6) is 0. The van der Waals surface area contributed by atoms with E-state index in [-0.39, 0.29) is 12.2 Å². The number of aliphatic hydroxyl groups is 1. The molecule has 0 atom stereocenters. The molecule has 0 aromatic rings. The third-order valence-corrected chi connectivity index (χ3v) is 3.46. The van der Waals surface area contributed by atoms with Gasteiger partial charge in [-0.3, -0.25) is 0 Å². The van der Waals surface area contributed by atoms with Gasteiger partial charge in [-0.05, 0) is 19.3 Å². The van der Waals surface area contributed by atoms with Crippen molar-refractivity contribution in [1.82, 2.24) is 0 Å². The van der Waals surface area contributed by atoms with E-state index in [1.165, 1.54) is 38.5 Å². The quantitative estimate of drug-likeness (QED) is 0.554. The van der Waals surface area contributed by atoms with E-state index in [1.54, 1.807) is 0 Å². The second-order valence-corrected chi connectivity index (χ2v) is 5.07. The first-order valence-corrected chi connectivity index (χ1v) is 7.49. The molecule has 2 nitrogen and oxygen atoms in total. The zero-order chi connectivity index (χ0) is 13.0. The first-order chi connectivity index (χ1) is 8.24. The molecule has 1 N–H and O–H groups in total. The maximum absolute atomic E-state index is 8.98. The minimum Gasteiger partial charge on any atom is -0.394 e. The Bertz CT molecular complexity index is 119. The highest BCUT2D eigenvalue weighted by Gasteiger charge is 2.28. The van der Waals surface area contributed by atoms with Crippen LogP contribution in [0, 0.1) is 0 Å². The number of unbranched alkanes of at least 4 members (excludes halogenated alkanes) is 3. The van der Waals surface area contributed by atoms with Crippen LogP contribution in [-0.4, -0.2) is 23.9 Å². The Hall–Kier alpha value is -0.0800. The molecule has 0 saturated carbocycles. The summed E-state index contributed by atoms with van der Waals surface area (Å²) in [6.45, 7) is 7.34. The highest BCUT2D eigenvalue weighted by molar-refractivity contribution is 4.81. The van der Waals surface area contributed by atoms with Gasteiger partial charge >= 0.3 is 0 Å². The van der Waals surface area contributed by atoms with E-state index < -0.39 is 0 Å². The van der Waals surface area contributed by atoms with Crippen molar-refractivity contribution < 1.29 is 9.84 Å². The van der Waals surface area contributed by atoms with Crippen LogP contribution in [0.15, 0.2) is 0 Å². The standard InChI is InChI=1S/C15H32O2/c1-4-7-10-15(11-8-5-2,12-9-6-3)17-14-13-16/h16H,4-14H2,1-3H3. The Morgan fingerprint density at radius 1 is 0.824 bits per heavy atom. The SMILES string of the molecule is CCCCC(CCCC)(CCCC)OCCO. The molecule has 0 aromatic carbocycles. The number of hydrogen-bond donors (Lipinski definition) is 1. The fourth-order valence-electron chi connectivity index (χ4n) is 2.35. The smallest absolute Gasteiger partial charge is 0.0705 e. The lowest BCUT2D eigenvalue weighted by molar-refractivity contribution is -0.0778. The third kappa shape index (κ3) is 7.77. The zero-order valence-corrected chi connectivity index (χ0v) is 12.1. The number of aliphatic hydroxyl groups excluding tert-OH is 1. The largest absolute Gasteiger partial charge is 0.394 e. The molecule has 0 heterocycles. The Morgan fingerprint density at radius 2 is 1.24 bits per heavy atom. The summed E-state index contributed by atoms with van der Waals surface area (Å²) >= 11 is 0. The molecule has 2 heteroatoms. The van der Waals surface area contributed by atoms with E-state index in [9.17, 15) is 0 Å². The van der Waals surface area contributed by atoms with Crippen LogP contribution in [0.5, 0.6) is 0 Å². The molecule has 0 bridgehead atoms. The Kier molecular flexibility index (Phi) is 11.0. The second kappa shape index (κ2) is 11.0. The van der Waals surface area contributed by atoms with Crippen molar-refractivity contribution in [3.05, 3.63) is 0 Å². The monoisotopic (exact) mass is 244 g/mol. The molecule has 0 aliphatic heterocycles. The van der Waals surface area contributed by atoms with Crippen molar-refractivity contribution in [2.24, 2.45) is 0 Å². The molecule has 0 radical (unpaired) electrons. The van der Waals surface area contributed by atoms with Gasteiger partial charge in [0.2, 0.25) is 0 Å². The average molecular weight is 244 g/mol. The highest BCUT2D eigenvalue weighted by atomic mass is 16.5. The van der Waals surface area contributed by atoms with E-state index in [1.807, 2.05) is 0 Å². The predicted molar refractivity (Wildman–Crippen MR) is 74.3 cm³/mol. The van der Waals surface area contributed by atoms with E-state index in [0.29, 0.717) is 6.61 Å². The fraction of sp³-hybridized carbons (Fsp3) is 1.00. The summed E-state index contributed by atoms with van der Waals surface area (Å²) in [4.78, 5) is 0. The molecule has 17 heavy (non-hydrogen) atoms. The molecule has 0 spiro atoms. The first kappa shape index (κ1) is 16.9. The molecule has 0 aliphatic carbocycles. The summed E-state index contributed by atoms with van der Waals surface area (Å²) in [5.41, 5.74) is 0.0464. The molecule has 0 unspecified atom stereocenters. The van der Waals surface area contributed by atoms with Crippen molar-refractivity contribution >= 4 is 0 Å². The lowest BCUT2D eigenvalue weighted by Crippen LogP contribution is -2.34. The van der Waals surface area contributed by atoms with Gasteiger partial charge in [0.25, 0.3) is 0 Å². The van der Waals surface area contributed by atoms with Crippen LogP contribution < -0.4 is 0 Å². The summed E-state index contributed by atoms with van der Waals surface area (Å²) in [7, 11) is 0. The van der Waals surface area contributed by atoms with E-state index in [2.05, 4.69) is 20.8 Å². The molecule has 0 aliphatic rings. The van der Waals surface area contributed by atoms with Gasteiger partial charge < -0.3 is 9.84 Å². The van der Waals surface area contributed by atoms with Crippen molar-refractivity contribution in [3.8, 4) is 0 Å². The van der Waals surface area contributed by atoms with Crippen molar-refractivity contribution in [2.45, 2.75) is 84.2 Å². The normalized spacial score (nSPS) is 12.0. The maximum atomic E-state index is 8.98. The predicted octanol–water partition coefficient (Wildman–Crippen LogP) is 4.30. The van der Waals surface area contributed by atoms with Crippen LogP contribution in [-0.2, 0) is 4.74 Å². The third-order valence-electron chi connectivity index (χ3n) is 3.46. The summed E-state index contributed by atoms with van der Waals surface area (Å²) in [5, 5.41) is 8.98. The Labute approximate surface area is 108 Å². The van der Waals surface area contributed by atoms with E-state index >= 15 is 0 Å². The van der Waals surface area contributed by atoms with Crippen molar-refractivity contribution in [2.75, 3.05) is 13.2 Å². The molecule has 0 saturated heterocycles. The molecular formula is C15H32O2. The minimum atomic E-state index is 0.0464. The van der Waals surface area contributed by atoms with Crippen LogP contribution in [0.3, 0.4) is 0 Å². The molecule has 104 valence electrons. The van der Waals surface area contributed by atoms with Crippen molar-refractivity contribution in [3.63, 3.8) is 0 Å². The van der Waals surface area contributed by atoms with Crippen LogP contribution in [0.2, 0.25) is 0 Å². The molecule has 0 fully saturated rings. The van der Waals surface area contributed by atoms with Gasteiger partial charge in [0, 0.05) is 0 Å². The van der Waals surface area contributed by atoms with Crippen LogP contribution in [0.25, 0.3) is 0 Å². The first-order valence-electron chi connectivity index (χ1n) is 7.49. The van der Waals surface area contributed by atoms with Gasteiger partial charge in [0.15, 0.2) is 0 Å². The molecular weight excluding hydrogens is 212 g/mol. The minimum absolute atomic E-state index is 0.0464. The average Bonchev–Trinajstić information content (AvgIpc) is 2.37. The topological polar surface area (TPSA) is 29.5 Å². The van der Waals surface area contributed by atoms with Gasteiger partial charge in [0.1, 0.15) is 0 Å². The Morgan fingerprint density at radius 3 is 1.53 bits per heavy atom. The van der Waals surface area contributed by atoms with Gasteiger partial charge in [-0.1, -0.05) is 59.3 Å². The highest BCUT2D eigenvalue weighted by Crippen LogP contribution is 2.31. The van der Waals surface area contributed by atoms with Crippen LogP contribution in [0.1, 0.15) is 78.6 Å². The summed E-state index contributed by atoms with van der Waals surface area (Å²) < 4.78 is 6.04. The molecule has 0 rings (SSSR count). The summed E-state index contributed by atoms with van der Waals surface area (Å²) in [6, 6.07) is 0. The van der Waals surface area contributed by atoms with Crippen LogP contribution in [0.4, 0.5) is 0 Å². The second-order valence-electron chi connectivity index (χ2n) is 5.07. The maximum Gasteiger partial charge on any atom is 0.0705 e. The zero-order valence-electron chi connectivity index (χ0n) is 12.1. The van der Waals surface area contributed by atoms with Gasteiger partial charge in [-0.15, -0.1) is 0 Å². The van der Waals surface area contributed by atoms with Gasteiger partial charge in [0.05, 0.1) is 18.8 Å². The number of ether oxygens (including phenoxy) is 1. The molecule has 0 amide bonds. The summed E-state index contributed by atoms with van der Waals surface area (Å²) in [6.07, 6.45) is 10.8. The van der Waals surface area contributed by atoms with E-state index in [4.69, 9.17) is 9.84 Å². The molecule has 0 aromatic heterocycles. The number of rotatable bonds is 12. The fourth-order valence-corrected chi connectivity index (χ4v) is 2.35.